The minimum Gasteiger partial charge on any atom is -0.493 e. The molecule has 2 unspecified atom stereocenters. The van der Waals surface area contributed by atoms with Crippen molar-refractivity contribution in [1.82, 2.24) is 0 Å². The number of hydrogen-bond acceptors (Lipinski definition) is 8. The average molecular weight is 1340 g/mol. The van der Waals surface area contributed by atoms with E-state index >= 15 is 0 Å². The van der Waals surface area contributed by atoms with E-state index in [1.165, 1.54) is 68.1 Å². The molecule has 0 heterocycles. The lowest BCUT2D eigenvalue weighted by Gasteiger charge is -2.45. The van der Waals surface area contributed by atoms with Crippen LogP contribution in [0.5, 0.6) is 23.0 Å². The van der Waals surface area contributed by atoms with Gasteiger partial charge in [0.25, 0.3) is 0 Å². The molecule has 0 radical (unpaired) electrons. The second-order valence-electron chi connectivity index (χ2n) is 20.9. The maximum atomic E-state index is 14.8. The van der Waals surface area contributed by atoms with E-state index in [1.807, 2.05) is 0 Å². The van der Waals surface area contributed by atoms with Crippen molar-refractivity contribution in [3.05, 3.63) is 60.7 Å². The van der Waals surface area contributed by atoms with Crippen molar-refractivity contribution < 1.29 is 149 Å². The smallest absolute Gasteiger partial charge is 0.460 e. The molecule has 2 atom stereocenters. The topological polar surface area (TPSA) is 118 Å². The van der Waals surface area contributed by atoms with Crippen LogP contribution in [0.1, 0.15) is 116 Å². The van der Waals surface area contributed by atoms with Gasteiger partial charge >= 0.3 is 71.3 Å². The summed E-state index contributed by atoms with van der Waals surface area (Å²) < 4.78 is 373. The lowest BCUT2D eigenvalue weighted by molar-refractivity contribution is -0.482. The predicted octanol–water partition coefficient (Wildman–Crippen LogP) is 17.4. The molecule has 0 saturated carbocycles. The molecule has 0 bridgehead atoms. The first-order chi connectivity index (χ1) is 40.9. The van der Waals surface area contributed by atoms with Gasteiger partial charge < -0.3 is 39.4 Å². The minimum absolute atomic E-state index is 0.0429. The summed E-state index contributed by atoms with van der Waals surface area (Å²) in [5.41, 5.74) is 1.54. The summed E-state index contributed by atoms with van der Waals surface area (Å²) >= 11 is 0. The molecule has 8 nitrogen and oxygen atoms in total. The van der Waals surface area contributed by atoms with Crippen LogP contribution in [0.15, 0.2) is 60.7 Å². The van der Waals surface area contributed by atoms with E-state index in [9.17, 15) is 125 Å². The van der Waals surface area contributed by atoms with Crippen molar-refractivity contribution in [1.29, 1.82) is 0 Å². The van der Waals surface area contributed by atoms with Gasteiger partial charge in [-0.3, -0.25) is 0 Å². The summed E-state index contributed by atoms with van der Waals surface area (Å²) in [7, 11) is 0. The molecule has 3 aromatic carbocycles. The molecule has 89 heavy (non-hydrogen) atoms. The Labute approximate surface area is 493 Å². The van der Waals surface area contributed by atoms with Gasteiger partial charge in [0.2, 0.25) is 0 Å². The van der Waals surface area contributed by atoms with E-state index < -0.39 is 129 Å². The van der Waals surface area contributed by atoms with Gasteiger partial charge in [-0.05, 0) is 66.8 Å². The largest absolute Gasteiger partial charge is 0.493 e. The van der Waals surface area contributed by atoms with E-state index in [1.54, 1.807) is 18.2 Å². The molecular formula is C56H65F25O8. The van der Waals surface area contributed by atoms with E-state index in [-0.39, 0.29) is 49.2 Å². The number of hydrogen-bond donors (Lipinski definition) is 4. The van der Waals surface area contributed by atoms with Crippen LogP contribution >= 0.6 is 0 Å². The normalized spacial score (nSPS) is 14.7. The number of rotatable bonds is 42. The first-order valence-corrected chi connectivity index (χ1v) is 27.6. The lowest BCUT2D eigenvalue weighted by atomic mass is 9.84. The monoisotopic (exact) mass is 1340 g/mol. The second kappa shape index (κ2) is 31.0. The molecule has 0 aliphatic carbocycles. The van der Waals surface area contributed by atoms with Gasteiger partial charge in [-0.2, -0.15) is 110 Å². The summed E-state index contributed by atoms with van der Waals surface area (Å²) in [5, 5.41) is 37.8. The summed E-state index contributed by atoms with van der Waals surface area (Å²) in [6.07, 6.45) is -4.04. The van der Waals surface area contributed by atoms with Crippen LogP contribution in [0, 0.1) is 0 Å². The lowest BCUT2D eigenvalue weighted by Crippen LogP contribution is -2.78. The van der Waals surface area contributed by atoms with E-state index in [4.69, 9.17) is 24.1 Å². The van der Waals surface area contributed by atoms with Crippen molar-refractivity contribution >= 4 is 0 Å². The molecule has 512 valence electrons. The fraction of sp³-hybridized carbons (Fsp3) is 0.679. The highest BCUT2D eigenvalue weighted by molar-refractivity contribution is 5.81. The Morgan fingerprint density at radius 1 is 0.337 bits per heavy atom. The number of aliphatic hydroxyl groups is 4. The SMILES string of the molecule is CCCCCCCCCCCCCCOc1cc(-c2ccc(OCC(O)CO)cc2)c(OCCCCCCC(F)(F)C(F)(F)C(F)(F)C(F)(F)C(F)(F)C(F)(F)C(F)(F)C(F)(F)C(F)(F)C(F)(F)C(F)(F)C(F)(F)F)cc1-c1ccc(OCC(O)CO)cc1. The number of halogens is 25. The summed E-state index contributed by atoms with van der Waals surface area (Å²) in [6, 6.07) is 15.2. The van der Waals surface area contributed by atoms with Crippen molar-refractivity contribution in [2.75, 3.05) is 39.6 Å². The predicted molar refractivity (Wildman–Crippen MR) is 270 cm³/mol. The maximum Gasteiger partial charge on any atom is 0.460 e. The maximum absolute atomic E-state index is 14.8. The Morgan fingerprint density at radius 3 is 0.899 bits per heavy atom. The number of aliphatic hydroxyl groups excluding tert-OH is 4. The third-order valence-electron chi connectivity index (χ3n) is 14.0. The molecule has 0 amide bonds. The molecule has 0 aliphatic rings. The standard InChI is InChI=1S/C56H65F25O8/c1-2-3-4-5-6-7-8-9-10-11-13-16-27-86-43-29-42(36-20-24-40(25-21-36)89-34-38(85)32-83)44(30-41(43)35-18-22-39(23-19-35)88-33-37(84)31-82)87-28-17-14-12-15-26-45(57,58)46(59,60)47(61,62)48(63,64)49(65,66)50(67,68)51(69,70)52(71,72)53(73,74)54(75,76)55(77,78)56(79,80)81/h18-25,29-30,37-38,82-85H,2-17,26-28,31-34H2,1H3. The highest BCUT2D eigenvalue weighted by atomic mass is 19.4. The Morgan fingerprint density at radius 2 is 0.607 bits per heavy atom. The zero-order valence-corrected chi connectivity index (χ0v) is 47.1. The van der Waals surface area contributed by atoms with Crippen molar-refractivity contribution in [3.8, 4) is 45.3 Å². The van der Waals surface area contributed by atoms with Crippen molar-refractivity contribution in [2.24, 2.45) is 0 Å². The van der Waals surface area contributed by atoms with Crippen LogP contribution in [0.3, 0.4) is 0 Å². The van der Waals surface area contributed by atoms with Gasteiger partial charge in [0.1, 0.15) is 48.4 Å². The minimum atomic E-state index is -9.66. The van der Waals surface area contributed by atoms with Gasteiger partial charge in [-0.15, -0.1) is 0 Å². The van der Waals surface area contributed by atoms with Gasteiger partial charge in [0.15, 0.2) is 0 Å². The Balaban J connectivity index is 1.89. The first kappa shape index (κ1) is 78.2. The van der Waals surface area contributed by atoms with Crippen LogP contribution in [0.25, 0.3) is 22.3 Å². The van der Waals surface area contributed by atoms with E-state index in [0.717, 1.165) is 44.9 Å². The number of unbranched alkanes of at least 4 members (excludes halogenated alkanes) is 14. The molecule has 0 fully saturated rings. The number of ether oxygens (including phenoxy) is 4. The zero-order chi connectivity index (χ0) is 67.9. The molecule has 4 N–H and O–H groups in total. The van der Waals surface area contributed by atoms with Gasteiger partial charge in [-0.25, -0.2) is 0 Å². The van der Waals surface area contributed by atoms with Crippen LogP contribution in [-0.4, -0.2) is 144 Å². The molecule has 0 aliphatic heterocycles. The van der Waals surface area contributed by atoms with Crippen molar-refractivity contribution in [3.63, 3.8) is 0 Å². The Hall–Kier alpha value is -5.05. The number of benzene rings is 3. The van der Waals surface area contributed by atoms with E-state index in [2.05, 4.69) is 6.92 Å². The van der Waals surface area contributed by atoms with Gasteiger partial charge in [-0.1, -0.05) is 115 Å². The van der Waals surface area contributed by atoms with Crippen LogP contribution in [-0.2, 0) is 0 Å². The molecule has 3 rings (SSSR count). The third kappa shape index (κ3) is 17.2. The zero-order valence-electron chi connectivity index (χ0n) is 47.1. The quantitative estimate of drug-likeness (QED) is 0.0327. The molecule has 33 heteroatoms. The van der Waals surface area contributed by atoms with Crippen LogP contribution < -0.4 is 18.9 Å². The summed E-state index contributed by atoms with van der Waals surface area (Å²) in [4.78, 5) is 0. The highest BCUT2D eigenvalue weighted by Crippen LogP contribution is 2.68. The first-order valence-electron chi connectivity index (χ1n) is 27.6. The summed E-state index contributed by atoms with van der Waals surface area (Å²) in [5.74, 6) is -98.0. The fourth-order valence-electron chi connectivity index (χ4n) is 8.45. The van der Waals surface area contributed by atoms with Gasteiger partial charge in [0, 0.05) is 17.5 Å². The van der Waals surface area contributed by atoms with Crippen LogP contribution in [0.4, 0.5) is 110 Å². The molecular weight excluding hydrogens is 1280 g/mol. The van der Waals surface area contributed by atoms with Gasteiger partial charge in [0.05, 0.1) is 26.4 Å². The Bertz CT molecular complexity index is 2600. The van der Waals surface area contributed by atoms with Crippen molar-refractivity contribution in [2.45, 2.75) is 200 Å². The molecule has 3 aromatic rings. The fourth-order valence-corrected chi connectivity index (χ4v) is 8.45. The summed E-state index contributed by atoms with van der Waals surface area (Å²) in [6.45, 7) is 0.0665. The van der Waals surface area contributed by atoms with E-state index in [0.29, 0.717) is 28.7 Å². The third-order valence-corrected chi connectivity index (χ3v) is 14.0. The highest BCUT2D eigenvalue weighted by Gasteiger charge is 2.99. The Kier molecular flexibility index (Phi) is 27.3. The average Bonchev–Trinajstić information content (AvgIpc) is 0.694. The molecule has 0 saturated heterocycles. The molecule has 0 spiro atoms. The van der Waals surface area contributed by atoms with Crippen LogP contribution in [0.2, 0.25) is 0 Å². The number of alkyl halides is 25. The molecule has 0 aromatic heterocycles. The second-order valence-corrected chi connectivity index (χ2v) is 20.9.